The first-order valence-corrected chi connectivity index (χ1v) is 7.03. The van der Waals surface area contributed by atoms with Crippen LogP contribution in [0.4, 0.5) is 11.6 Å². The second-order valence-corrected chi connectivity index (χ2v) is 4.93. The van der Waals surface area contributed by atoms with E-state index in [1.165, 1.54) is 6.33 Å². The molecule has 1 unspecified atom stereocenters. The van der Waals surface area contributed by atoms with E-state index in [4.69, 9.17) is 9.47 Å². The Bertz CT molecular complexity index is 602. The molecule has 0 aliphatic carbocycles. The van der Waals surface area contributed by atoms with E-state index in [1.807, 2.05) is 12.1 Å². The van der Waals surface area contributed by atoms with Crippen molar-refractivity contribution < 1.29 is 9.47 Å². The van der Waals surface area contributed by atoms with Crippen molar-refractivity contribution in [2.75, 3.05) is 37.5 Å². The van der Waals surface area contributed by atoms with Crippen molar-refractivity contribution >= 4 is 11.6 Å². The van der Waals surface area contributed by atoms with Crippen molar-refractivity contribution in [3.05, 3.63) is 24.7 Å². The molecule has 3 heterocycles. The lowest BCUT2D eigenvalue weighted by atomic mass is 10.2. The highest BCUT2D eigenvalue weighted by atomic mass is 16.5. The van der Waals surface area contributed by atoms with E-state index in [2.05, 4.69) is 30.2 Å². The molecule has 1 aliphatic rings. The molecule has 8 heteroatoms. The SMILES string of the molecule is COc1cc(N2CCC(Nc3ccncn3)C2)nc(OC)n1. The third-order valence-corrected chi connectivity index (χ3v) is 3.51. The van der Waals surface area contributed by atoms with Crippen molar-refractivity contribution in [3.63, 3.8) is 0 Å². The topological polar surface area (TPSA) is 85.3 Å². The molecule has 1 atom stereocenters. The second-order valence-electron chi connectivity index (χ2n) is 4.93. The first-order valence-electron chi connectivity index (χ1n) is 7.03. The lowest BCUT2D eigenvalue weighted by Crippen LogP contribution is -2.27. The highest BCUT2D eigenvalue weighted by Gasteiger charge is 2.24. The van der Waals surface area contributed by atoms with Crippen LogP contribution in [0.3, 0.4) is 0 Å². The fourth-order valence-corrected chi connectivity index (χ4v) is 2.42. The summed E-state index contributed by atoms with van der Waals surface area (Å²) in [5, 5.41) is 3.40. The fraction of sp³-hybridized carbons (Fsp3) is 0.429. The molecule has 2 aromatic heterocycles. The molecule has 3 rings (SSSR count). The zero-order valence-electron chi connectivity index (χ0n) is 12.6. The number of hydrogen-bond acceptors (Lipinski definition) is 8. The Balaban J connectivity index is 1.69. The van der Waals surface area contributed by atoms with Crippen LogP contribution in [0.5, 0.6) is 11.9 Å². The number of methoxy groups -OCH3 is 2. The van der Waals surface area contributed by atoms with Crippen molar-refractivity contribution in [1.29, 1.82) is 0 Å². The highest BCUT2D eigenvalue weighted by Crippen LogP contribution is 2.24. The maximum Gasteiger partial charge on any atom is 0.321 e. The van der Waals surface area contributed by atoms with Gasteiger partial charge in [-0.05, 0) is 12.5 Å². The highest BCUT2D eigenvalue weighted by molar-refractivity contribution is 5.45. The summed E-state index contributed by atoms with van der Waals surface area (Å²) in [7, 11) is 3.12. The number of nitrogens with one attached hydrogen (secondary N) is 1. The number of ether oxygens (including phenoxy) is 2. The van der Waals surface area contributed by atoms with Gasteiger partial charge in [-0.1, -0.05) is 0 Å². The van der Waals surface area contributed by atoms with Crippen molar-refractivity contribution in [3.8, 4) is 11.9 Å². The van der Waals surface area contributed by atoms with Crippen LogP contribution >= 0.6 is 0 Å². The normalized spacial score (nSPS) is 17.4. The van der Waals surface area contributed by atoms with Gasteiger partial charge in [0, 0.05) is 31.4 Å². The van der Waals surface area contributed by atoms with Crippen molar-refractivity contribution in [1.82, 2.24) is 19.9 Å². The molecule has 8 nitrogen and oxygen atoms in total. The van der Waals surface area contributed by atoms with Gasteiger partial charge in [0.05, 0.1) is 14.2 Å². The predicted octanol–water partition coefficient (Wildman–Crippen LogP) is 0.975. The Hall–Kier alpha value is -2.64. The molecule has 22 heavy (non-hydrogen) atoms. The van der Waals surface area contributed by atoms with Gasteiger partial charge in [0.25, 0.3) is 0 Å². The Morgan fingerprint density at radius 1 is 1.27 bits per heavy atom. The van der Waals surface area contributed by atoms with Crippen LogP contribution in [0.1, 0.15) is 6.42 Å². The van der Waals surface area contributed by atoms with E-state index in [-0.39, 0.29) is 0 Å². The zero-order valence-corrected chi connectivity index (χ0v) is 12.6. The van der Waals surface area contributed by atoms with Gasteiger partial charge in [0.15, 0.2) is 0 Å². The minimum absolute atomic E-state index is 0.307. The molecule has 0 amide bonds. The van der Waals surface area contributed by atoms with Crippen molar-refractivity contribution in [2.24, 2.45) is 0 Å². The van der Waals surface area contributed by atoms with E-state index in [0.717, 1.165) is 31.1 Å². The van der Waals surface area contributed by atoms with Crippen LogP contribution in [-0.2, 0) is 0 Å². The molecular weight excluding hydrogens is 284 g/mol. The summed E-state index contributed by atoms with van der Waals surface area (Å²) in [5.41, 5.74) is 0. The molecule has 0 saturated carbocycles. The number of hydrogen-bond donors (Lipinski definition) is 1. The standard InChI is InChI=1S/C14H18N6O2/c1-21-13-7-12(18-14(19-13)22-2)20-6-4-10(8-20)17-11-3-5-15-9-16-11/h3,5,7,9-10H,4,6,8H2,1-2H3,(H,15,16,17). The average Bonchev–Trinajstić information content (AvgIpc) is 3.03. The zero-order chi connectivity index (χ0) is 15.4. The van der Waals surface area contributed by atoms with E-state index in [0.29, 0.717) is 17.9 Å². The smallest absolute Gasteiger partial charge is 0.321 e. The third kappa shape index (κ3) is 3.16. The molecule has 116 valence electrons. The summed E-state index contributed by atoms with van der Waals surface area (Å²) in [4.78, 5) is 18.8. The largest absolute Gasteiger partial charge is 0.481 e. The average molecular weight is 302 g/mol. The Morgan fingerprint density at radius 2 is 2.18 bits per heavy atom. The molecule has 2 aromatic rings. The van der Waals surface area contributed by atoms with Crippen LogP contribution in [0.25, 0.3) is 0 Å². The van der Waals surface area contributed by atoms with Crippen LogP contribution < -0.4 is 19.7 Å². The van der Waals surface area contributed by atoms with Gasteiger partial charge in [0.2, 0.25) is 5.88 Å². The van der Waals surface area contributed by atoms with Crippen LogP contribution in [-0.4, -0.2) is 53.3 Å². The summed E-state index contributed by atoms with van der Waals surface area (Å²) < 4.78 is 10.3. The summed E-state index contributed by atoms with van der Waals surface area (Å²) in [5.74, 6) is 2.13. The van der Waals surface area contributed by atoms with Crippen LogP contribution in [0, 0.1) is 0 Å². The number of nitrogens with zero attached hydrogens (tertiary/aromatic N) is 5. The molecular formula is C14H18N6O2. The Morgan fingerprint density at radius 3 is 2.91 bits per heavy atom. The molecule has 0 aromatic carbocycles. The van der Waals surface area contributed by atoms with E-state index >= 15 is 0 Å². The van der Waals surface area contributed by atoms with Crippen LogP contribution in [0.2, 0.25) is 0 Å². The predicted molar refractivity (Wildman–Crippen MR) is 81.4 cm³/mol. The first kappa shape index (κ1) is 14.3. The molecule has 1 aliphatic heterocycles. The second kappa shape index (κ2) is 6.42. The minimum Gasteiger partial charge on any atom is -0.481 e. The van der Waals surface area contributed by atoms with E-state index in [9.17, 15) is 0 Å². The maximum absolute atomic E-state index is 5.19. The molecule has 1 fully saturated rings. The first-order chi connectivity index (χ1) is 10.8. The number of anilines is 2. The quantitative estimate of drug-likeness (QED) is 0.874. The van der Waals surface area contributed by atoms with Crippen LogP contribution in [0.15, 0.2) is 24.7 Å². The monoisotopic (exact) mass is 302 g/mol. The Labute approximate surface area is 128 Å². The van der Waals surface area contributed by atoms with Gasteiger partial charge in [0.1, 0.15) is 18.0 Å². The summed E-state index contributed by atoms with van der Waals surface area (Å²) in [6.07, 6.45) is 4.26. The minimum atomic E-state index is 0.307. The summed E-state index contributed by atoms with van der Waals surface area (Å²) in [6, 6.07) is 4.29. The lowest BCUT2D eigenvalue weighted by molar-refractivity contribution is 0.352. The molecule has 0 bridgehead atoms. The molecule has 0 radical (unpaired) electrons. The maximum atomic E-state index is 5.19. The van der Waals surface area contributed by atoms with Crippen molar-refractivity contribution in [2.45, 2.75) is 12.5 Å². The lowest BCUT2D eigenvalue weighted by Gasteiger charge is -2.19. The molecule has 1 saturated heterocycles. The van der Waals surface area contributed by atoms with E-state index < -0.39 is 0 Å². The van der Waals surface area contributed by atoms with Gasteiger partial charge >= 0.3 is 6.01 Å². The molecule has 0 spiro atoms. The fourth-order valence-electron chi connectivity index (χ4n) is 2.42. The van der Waals surface area contributed by atoms with Gasteiger partial charge in [-0.2, -0.15) is 9.97 Å². The van der Waals surface area contributed by atoms with Gasteiger partial charge < -0.3 is 19.7 Å². The summed E-state index contributed by atoms with van der Waals surface area (Å²) >= 11 is 0. The third-order valence-electron chi connectivity index (χ3n) is 3.51. The molecule has 1 N–H and O–H groups in total. The summed E-state index contributed by atoms with van der Waals surface area (Å²) in [6.45, 7) is 1.72. The number of rotatable bonds is 5. The van der Waals surface area contributed by atoms with Gasteiger partial charge in [-0.15, -0.1) is 0 Å². The Kier molecular flexibility index (Phi) is 4.17. The van der Waals surface area contributed by atoms with E-state index in [1.54, 1.807) is 20.4 Å². The number of aromatic nitrogens is 4. The van der Waals surface area contributed by atoms with Gasteiger partial charge in [-0.25, -0.2) is 9.97 Å². The van der Waals surface area contributed by atoms with Gasteiger partial charge in [-0.3, -0.25) is 0 Å².